The highest BCUT2D eigenvalue weighted by Gasteiger charge is 1.95. The number of carbonyl (C=O) groups excluding carboxylic acids is 1. The van der Waals surface area contributed by atoms with Crippen molar-refractivity contribution in [3.63, 3.8) is 0 Å². The molecule has 0 radical (unpaired) electrons. The zero-order chi connectivity index (χ0) is 12.8. The lowest BCUT2D eigenvalue weighted by atomic mass is 10.6. The van der Waals surface area contributed by atoms with Gasteiger partial charge in [0, 0.05) is 19.4 Å². The van der Waals surface area contributed by atoms with Crippen molar-refractivity contribution in [2.45, 2.75) is 6.92 Å². The fourth-order valence-electron chi connectivity index (χ4n) is 1.04. The average molecular weight is 265 g/mol. The van der Waals surface area contributed by atoms with E-state index in [0.29, 0.717) is 39.3 Å². The van der Waals surface area contributed by atoms with Crippen LogP contribution >= 0.6 is 9.24 Å². The van der Waals surface area contributed by atoms with E-state index in [1.807, 2.05) is 0 Å². The maximum absolute atomic E-state index is 11.0. The number of urea groups is 1. The van der Waals surface area contributed by atoms with Crippen molar-refractivity contribution in [2.75, 3.05) is 52.3 Å². The van der Waals surface area contributed by atoms with Gasteiger partial charge in [-0.1, -0.05) is 6.92 Å². The van der Waals surface area contributed by atoms with Gasteiger partial charge >= 0.3 is 6.03 Å². The molecular formula is C10H24N3O3P. The van der Waals surface area contributed by atoms with Gasteiger partial charge in [-0.15, -0.1) is 9.24 Å². The molecule has 0 aliphatic rings. The van der Waals surface area contributed by atoms with E-state index in [9.17, 15) is 4.79 Å². The summed E-state index contributed by atoms with van der Waals surface area (Å²) in [6, 6.07) is -0.175. The first-order chi connectivity index (χ1) is 8.31. The fourth-order valence-corrected chi connectivity index (χ4v) is 1.22. The van der Waals surface area contributed by atoms with Gasteiger partial charge in [0.15, 0.2) is 0 Å². The van der Waals surface area contributed by atoms with Gasteiger partial charge in [0.05, 0.1) is 26.4 Å². The molecule has 0 aromatic carbocycles. The van der Waals surface area contributed by atoms with E-state index in [1.165, 1.54) is 0 Å². The lowest BCUT2D eigenvalue weighted by Crippen LogP contribution is -2.36. The van der Waals surface area contributed by atoms with Crippen molar-refractivity contribution in [3.8, 4) is 0 Å². The zero-order valence-corrected chi connectivity index (χ0v) is 11.6. The smallest absolute Gasteiger partial charge is 0.315 e. The van der Waals surface area contributed by atoms with E-state index in [4.69, 9.17) is 9.47 Å². The highest BCUT2D eigenvalue weighted by Crippen LogP contribution is 1.78. The van der Waals surface area contributed by atoms with Gasteiger partial charge in [-0.05, 0) is 6.54 Å². The molecule has 0 rings (SSSR count). The zero-order valence-electron chi connectivity index (χ0n) is 10.5. The first-order valence-corrected chi connectivity index (χ1v) is 6.70. The molecule has 6 nitrogen and oxygen atoms in total. The number of nitrogens with one attached hydrogen (secondary N) is 3. The van der Waals surface area contributed by atoms with Crippen molar-refractivity contribution >= 4 is 15.3 Å². The summed E-state index contributed by atoms with van der Waals surface area (Å²) < 4.78 is 10.6. The van der Waals surface area contributed by atoms with Crippen LogP contribution in [0.4, 0.5) is 4.79 Å². The highest BCUT2D eigenvalue weighted by molar-refractivity contribution is 7.16. The molecule has 0 aromatic heterocycles. The molecule has 0 bridgehead atoms. The first-order valence-electron chi connectivity index (χ1n) is 5.89. The maximum atomic E-state index is 11.0. The Morgan fingerprint density at radius 2 is 1.71 bits per heavy atom. The van der Waals surface area contributed by atoms with Gasteiger partial charge in [-0.25, -0.2) is 4.79 Å². The van der Waals surface area contributed by atoms with E-state index in [1.54, 1.807) is 0 Å². The maximum Gasteiger partial charge on any atom is 0.315 e. The van der Waals surface area contributed by atoms with Gasteiger partial charge in [0.2, 0.25) is 0 Å². The van der Waals surface area contributed by atoms with Gasteiger partial charge in [-0.3, -0.25) is 0 Å². The van der Waals surface area contributed by atoms with Crippen LogP contribution in [-0.4, -0.2) is 58.4 Å². The Morgan fingerprint density at radius 1 is 1.06 bits per heavy atom. The van der Waals surface area contributed by atoms with E-state index >= 15 is 0 Å². The molecule has 0 saturated carbocycles. The minimum Gasteiger partial charge on any atom is -0.378 e. The van der Waals surface area contributed by atoms with E-state index in [-0.39, 0.29) is 6.03 Å². The molecule has 1 unspecified atom stereocenters. The molecule has 3 N–H and O–H groups in total. The third-order valence-electron chi connectivity index (χ3n) is 1.84. The molecule has 0 fully saturated rings. The van der Waals surface area contributed by atoms with E-state index in [0.717, 1.165) is 13.1 Å². The SMILES string of the molecule is CCNCCOCCOCCNC(=O)NCP. The molecule has 7 heteroatoms. The highest BCUT2D eigenvalue weighted by atomic mass is 31.0. The van der Waals surface area contributed by atoms with Crippen LogP contribution < -0.4 is 16.0 Å². The van der Waals surface area contributed by atoms with Crippen molar-refractivity contribution in [2.24, 2.45) is 0 Å². The number of likely N-dealkylation sites (N-methyl/N-ethyl adjacent to an activating group) is 1. The number of amides is 2. The number of ether oxygens (including phenoxy) is 2. The van der Waals surface area contributed by atoms with E-state index in [2.05, 4.69) is 32.1 Å². The standard InChI is InChI=1S/C10H24N3O3P/c1-2-11-3-5-15-7-8-16-6-4-12-10(14)13-9-17/h11H,2-9,17H2,1H3,(H2,12,13,14). The summed E-state index contributed by atoms with van der Waals surface area (Å²) in [7, 11) is 2.42. The third-order valence-corrected chi connectivity index (χ3v) is 2.04. The monoisotopic (exact) mass is 265 g/mol. The first kappa shape index (κ1) is 16.6. The lowest BCUT2D eigenvalue weighted by Gasteiger charge is -2.07. The largest absolute Gasteiger partial charge is 0.378 e. The molecule has 0 heterocycles. The fraction of sp³-hybridized carbons (Fsp3) is 0.900. The molecule has 0 spiro atoms. The average Bonchev–Trinajstić information content (AvgIpc) is 2.32. The van der Waals surface area contributed by atoms with Crippen molar-refractivity contribution in [1.29, 1.82) is 0 Å². The van der Waals surface area contributed by atoms with Crippen LogP contribution in [0.25, 0.3) is 0 Å². The number of rotatable bonds is 11. The summed E-state index contributed by atoms with van der Waals surface area (Å²) in [4.78, 5) is 11.0. The quantitative estimate of drug-likeness (QED) is 0.356. The Morgan fingerprint density at radius 3 is 2.29 bits per heavy atom. The van der Waals surface area contributed by atoms with Gasteiger partial charge in [0.1, 0.15) is 0 Å². The van der Waals surface area contributed by atoms with Gasteiger partial charge < -0.3 is 25.4 Å². The third kappa shape index (κ3) is 13.5. The van der Waals surface area contributed by atoms with Crippen molar-refractivity contribution in [1.82, 2.24) is 16.0 Å². The molecule has 0 saturated heterocycles. The summed E-state index contributed by atoms with van der Waals surface area (Å²) >= 11 is 0. The summed E-state index contributed by atoms with van der Waals surface area (Å²) in [5.74, 6) is 0. The summed E-state index contributed by atoms with van der Waals surface area (Å²) in [5.41, 5.74) is 0. The predicted octanol–water partition coefficient (Wildman–Crippen LogP) is -0.239. The van der Waals surface area contributed by atoms with Gasteiger partial charge in [0.25, 0.3) is 0 Å². The minimum absolute atomic E-state index is 0.175. The molecule has 0 aliphatic carbocycles. The summed E-state index contributed by atoms with van der Waals surface area (Å²) in [6.45, 7) is 6.74. The normalized spacial score (nSPS) is 10.2. The summed E-state index contributed by atoms with van der Waals surface area (Å²) in [6.07, 6.45) is 0.548. The van der Waals surface area contributed by atoms with E-state index < -0.39 is 0 Å². The molecule has 2 amide bonds. The van der Waals surface area contributed by atoms with Crippen LogP contribution in [0.15, 0.2) is 0 Å². The Labute approximate surface area is 105 Å². The number of hydrogen-bond acceptors (Lipinski definition) is 4. The Bertz CT molecular complexity index is 184. The van der Waals surface area contributed by atoms with Crippen LogP contribution in [-0.2, 0) is 9.47 Å². The summed E-state index contributed by atoms with van der Waals surface area (Å²) in [5, 5.41) is 8.43. The second kappa shape index (κ2) is 13.6. The van der Waals surface area contributed by atoms with Crippen LogP contribution in [0.3, 0.4) is 0 Å². The molecule has 0 aromatic rings. The van der Waals surface area contributed by atoms with Crippen LogP contribution in [0.5, 0.6) is 0 Å². The molecule has 0 aliphatic heterocycles. The number of hydrogen-bond donors (Lipinski definition) is 3. The second-order valence-corrected chi connectivity index (χ2v) is 3.62. The van der Waals surface area contributed by atoms with Crippen LogP contribution in [0, 0.1) is 0 Å². The second-order valence-electron chi connectivity index (χ2n) is 3.22. The van der Waals surface area contributed by atoms with Crippen molar-refractivity contribution < 1.29 is 14.3 Å². The van der Waals surface area contributed by atoms with Crippen LogP contribution in [0.1, 0.15) is 6.92 Å². The minimum atomic E-state index is -0.175. The molecule has 1 atom stereocenters. The predicted molar refractivity (Wildman–Crippen MR) is 71.3 cm³/mol. The molecule has 102 valence electrons. The topological polar surface area (TPSA) is 71.6 Å². The van der Waals surface area contributed by atoms with Crippen LogP contribution in [0.2, 0.25) is 0 Å². The molecule has 17 heavy (non-hydrogen) atoms. The Hall–Kier alpha value is -0.420. The Kier molecular flexibility index (Phi) is 13.3. The lowest BCUT2D eigenvalue weighted by molar-refractivity contribution is 0.0506. The Balaban J connectivity index is 3.01. The van der Waals surface area contributed by atoms with Gasteiger partial charge in [-0.2, -0.15) is 0 Å². The molecular weight excluding hydrogens is 241 g/mol. The van der Waals surface area contributed by atoms with Crippen molar-refractivity contribution in [3.05, 3.63) is 0 Å². The number of carbonyl (C=O) groups is 1.